The van der Waals surface area contributed by atoms with Gasteiger partial charge in [0.25, 0.3) is 11.8 Å². The highest BCUT2D eigenvalue weighted by molar-refractivity contribution is 6.21. The van der Waals surface area contributed by atoms with E-state index in [0.29, 0.717) is 40.7 Å². The first-order chi connectivity index (χ1) is 22.0. The third-order valence-electron chi connectivity index (χ3n) is 8.05. The van der Waals surface area contributed by atoms with Crippen LogP contribution in [0.4, 0.5) is 32.0 Å². The van der Waals surface area contributed by atoms with Gasteiger partial charge in [0.2, 0.25) is 5.41 Å². The van der Waals surface area contributed by atoms with Gasteiger partial charge >= 0.3 is 12.4 Å². The fourth-order valence-electron chi connectivity index (χ4n) is 5.60. The lowest BCUT2D eigenvalue weighted by atomic mass is 9.71. The minimum Gasteiger partial charge on any atom is -0.457 e. The second kappa shape index (κ2) is 12.0. The number of carbonyl (C=O) groups excluding carboxylic acids is 2. The van der Waals surface area contributed by atoms with Gasteiger partial charge < -0.3 is 20.3 Å². The molecule has 0 saturated heterocycles. The molecule has 246 valence electrons. The van der Waals surface area contributed by atoms with E-state index in [2.05, 4.69) is 5.32 Å². The zero-order valence-corrected chi connectivity index (χ0v) is 25.1. The molecule has 1 heterocycles. The third-order valence-corrected chi connectivity index (χ3v) is 8.05. The van der Waals surface area contributed by atoms with Gasteiger partial charge in [-0.05, 0) is 85.1 Å². The fourth-order valence-corrected chi connectivity index (χ4v) is 5.60. The molecular formula is C34H28F6N2O5. The first-order valence-electron chi connectivity index (χ1n) is 14.2. The van der Waals surface area contributed by atoms with E-state index >= 15 is 0 Å². The van der Waals surface area contributed by atoms with E-state index in [1.165, 1.54) is 31.2 Å². The summed E-state index contributed by atoms with van der Waals surface area (Å²) >= 11 is 0. The van der Waals surface area contributed by atoms with Gasteiger partial charge in [0.05, 0.1) is 17.2 Å². The van der Waals surface area contributed by atoms with Crippen molar-refractivity contribution in [2.45, 2.75) is 43.9 Å². The molecule has 4 aromatic carbocycles. The van der Waals surface area contributed by atoms with E-state index in [9.17, 15) is 46.1 Å². The minimum absolute atomic E-state index is 0.136. The number of rotatable bonds is 8. The topological polar surface area (TPSA) is 99.1 Å². The van der Waals surface area contributed by atoms with Crippen molar-refractivity contribution in [1.82, 2.24) is 4.90 Å². The molecule has 2 atom stereocenters. The van der Waals surface area contributed by atoms with Gasteiger partial charge in [-0.1, -0.05) is 35.9 Å². The van der Waals surface area contributed by atoms with Crippen molar-refractivity contribution in [2.24, 2.45) is 0 Å². The maximum Gasteiger partial charge on any atom is 0.411 e. The van der Waals surface area contributed by atoms with Crippen LogP contribution < -0.4 is 10.1 Å². The highest BCUT2D eigenvalue weighted by Crippen LogP contribution is 2.57. The zero-order chi connectivity index (χ0) is 34.5. The van der Waals surface area contributed by atoms with Crippen LogP contribution in [-0.4, -0.2) is 46.3 Å². The normalized spacial score (nSPS) is 15.0. The fraction of sp³-hybridized carbons (Fsp3) is 0.235. The average molecular weight is 659 g/mol. The second-order valence-corrected chi connectivity index (χ2v) is 11.2. The Morgan fingerprint density at radius 2 is 1.21 bits per heavy atom. The number of ether oxygens (including phenoxy) is 1. The molecule has 13 heteroatoms. The first-order valence-corrected chi connectivity index (χ1v) is 14.2. The molecule has 47 heavy (non-hydrogen) atoms. The number of halogens is 6. The summed E-state index contributed by atoms with van der Waals surface area (Å²) in [7, 11) is 1.06. The van der Waals surface area contributed by atoms with Crippen LogP contribution in [0, 0.1) is 6.92 Å². The summed E-state index contributed by atoms with van der Waals surface area (Å²) < 4.78 is 95.6. The second-order valence-electron chi connectivity index (χ2n) is 11.2. The van der Waals surface area contributed by atoms with Crippen molar-refractivity contribution < 1.29 is 50.9 Å². The quantitative estimate of drug-likeness (QED) is 0.103. The van der Waals surface area contributed by atoms with Crippen molar-refractivity contribution >= 4 is 17.5 Å². The van der Waals surface area contributed by atoms with Gasteiger partial charge in [0.15, 0.2) is 6.23 Å². The van der Waals surface area contributed by atoms with Crippen molar-refractivity contribution in [1.29, 1.82) is 0 Å². The van der Waals surface area contributed by atoms with Gasteiger partial charge in [-0.3, -0.25) is 14.5 Å². The summed E-state index contributed by atoms with van der Waals surface area (Å²) in [5, 5.41) is 24.1. The molecule has 7 nitrogen and oxygen atoms in total. The molecule has 2 amide bonds. The molecule has 3 N–H and O–H groups in total. The van der Waals surface area contributed by atoms with Crippen LogP contribution in [0.25, 0.3) is 0 Å². The van der Waals surface area contributed by atoms with Gasteiger partial charge in [0, 0.05) is 18.3 Å². The van der Waals surface area contributed by atoms with E-state index < -0.39 is 64.2 Å². The highest BCUT2D eigenvalue weighted by atomic mass is 19.4. The van der Waals surface area contributed by atoms with E-state index in [0.717, 1.165) is 24.7 Å². The number of amides is 2. The van der Waals surface area contributed by atoms with E-state index in [-0.39, 0.29) is 16.8 Å². The molecule has 0 spiro atoms. The summed E-state index contributed by atoms with van der Waals surface area (Å²) in [4.78, 5) is 25.5. The molecule has 0 radical (unpaired) electrons. The number of imide groups is 1. The molecule has 0 aromatic heterocycles. The lowest BCUT2D eigenvalue weighted by Gasteiger charge is -2.39. The Hall–Kier alpha value is -4.88. The van der Waals surface area contributed by atoms with Crippen LogP contribution >= 0.6 is 0 Å². The number of aliphatic hydroxyl groups excluding tert-OH is 2. The molecule has 0 bridgehead atoms. The number of alkyl halides is 6. The number of nitrogens with one attached hydrogen (secondary N) is 1. The summed E-state index contributed by atoms with van der Waals surface area (Å²) in [6, 6.07) is 16.9. The number of fused-ring (bicyclic) bond motifs is 1. The maximum atomic E-state index is 15.0. The summed E-state index contributed by atoms with van der Waals surface area (Å²) in [5.74, 6) is -0.945. The smallest absolute Gasteiger partial charge is 0.411 e. The Kier molecular flexibility index (Phi) is 8.58. The Morgan fingerprint density at radius 3 is 1.77 bits per heavy atom. The van der Waals surface area contributed by atoms with Crippen molar-refractivity contribution in [3.8, 4) is 11.5 Å². The van der Waals surface area contributed by atoms with Crippen LogP contribution in [0.2, 0.25) is 0 Å². The predicted octanol–water partition coefficient (Wildman–Crippen LogP) is 7.58. The van der Waals surface area contributed by atoms with Crippen LogP contribution in [0.3, 0.4) is 0 Å². The van der Waals surface area contributed by atoms with Crippen molar-refractivity contribution in [3.05, 3.63) is 124 Å². The maximum absolute atomic E-state index is 15.0. The molecule has 5 rings (SSSR count). The molecule has 1 aliphatic heterocycles. The minimum atomic E-state index is -6.02. The Bertz CT molecular complexity index is 1810. The molecule has 2 unspecified atom stereocenters. The first kappa shape index (κ1) is 33.5. The molecule has 0 aliphatic carbocycles. The number of nitrogens with zero attached hydrogens (tertiary/aromatic N) is 1. The summed E-state index contributed by atoms with van der Waals surface area (Å²) in [6.45, 7) is 3.15. The van der Waals surface area contributed by atoms with E-state index in [4.69, 9.17) is 4.74 Å². The zero-order valence-electron chi connectivity index (χ0n) is 25.1. The van der Waals surface area contributed by atoms with Gasteiger partial charge in [0.1, 0.15) is 11.5 Å². The summed E-state index contributed by atoms with van der Waals surface area (Å²) in [5.41, 5.74) is -7.64. The number of hydrogen-bond acceptors (Lipinski definition) is 6. The Balaban J connectivity index is 1.57. The largest absolute Gasteiger partial charge is 0.457 e. The van der Waals surface area contributed by atoms with Gasteiger partial charge in [-0.25, -0.2) is 0 Å². The SMILES string of the molecule is Cc1ccc(Oc2ccc(NC(O)c3cc(C(c4ccc5c(c4)C(=O)N(C)C5=O)(C(F)(F)F)C(F)(F)F)ccc3C(C)O)cc2)cc1. The number of hydrogen-bond donors (Lipinski definition) is 3. The van der Waals surface area contributed by atoms with Crippen LogP contribution in [0.15, 0.2) is 84.9 Å². The van der Waals surface area contributed by atoms with Crippen LogP contribution in [0.5, 0.6) is 11.5 Å². The van der Waals surface area contributed by atoms with Crippen LogP contribution in [0.1, 0.15) is 67.8 Å². The lowest BCUT2D eigenvalue weighted by molar-refractivity contribution is -0.288. The lowest BCUT2D eigenvalue weighted by Crippen LogP contribution is -2.55. The number of anilines is 1. The van der Waals surface area contributed by atoms with Gasteiger partial charge in [-0.15, -0.1) is 0 Å². The average Bonchev–Trinajstić information content (AvgIpc) is 3.21. The van der Waals surface area contributed by atoms with Gasteiger partial charge in [-0.2, -0.15) is 26.3 Å². The Morgan fingerprint density at radius 1 is 0.702 bits per heavy atom. The predicted molar refractivity (Wildman–Crippen MR) is 159 cm³/mol. The van der Waals surface area contributed by atoms with E-state index in [1.807, 2.05) is 19.1 Å². The monoisotopic (exact) mass is 658 g/mol. The molecule has 1 aliphatic rings. The molecule has 4 aromatic rings. The number of benzene rings is 4. The molecule has 0 saturated carbocycles. The highest BCUT2D eigenvalue weighted by Gasteiger charge is 2.72. The van der Waals surface area contributed by atoms with E-state index in [1.54, 1.807) is 12.1 Å². The molecule has 0 fully saturated rings. The number of aliphatic hydroxyl groups is 2. The third kappa shape index (κ3) is 5.92. The van der Waals surface area contributed by atoms with Crippen LogP contribution in [-0.2, 0) is 5.41 Å². The van der Waals surface area contributed by atoms with Crippen molar-refractivity contribution in [2.75, 3.05) is 12.4 Å². The number of aryl methyl sites for hydroxylation is 1. The molecular weight excluding hydrogens is 630 g/mol. The number of carbonyl (C=O) groups is 2. The standard InChI is InChI=1S/C34H28F6N2O5/c1-18-4-10-23(11-5-18)47-24-12-8-22(9-13-24)41-29(44)27-16-20(6-14-25(27)19(2)43)32(33(35,36)37,34(38,39)40)21-7-15-26-28(17-21)31(46)42(3)30(26)45/h4-17,19,29,41,43-44H,1-3H3. The summed E-state index contributed by atoms with van der Waals surface area (Å²) in [6.07, 6.45) is -15.3. The Labute approximate surface area is 265 Å². The van der Waals surface area contributed by atoms with Crippen molar-refractivity contribution in [3.63, 3.8) is 0 Å².